The first-order chi connectivity index (χ1) is 8.18. The van der Waals surface area contributed by atoms with Crippen molar-refractivity contribution in [2.24, 2.45) is 0 Å². The van der Waals surface area contributed by atoms with Crippen molar-refractivity contribution < 1.29 is 19.5 Å². The Balaban J connectivity index is 2.29. The second-order valence-corrected chi connectivity index (χ2v) is 3.44. The van der Waals surface area contributed by atoms with Crippen LogP contribution < -0.4 is 0 Å². The van der Waals surface area contributed by atoms with Crippen LogP contribution in [0.15, 0.2) is 30.3 Å². The van der Waals surface area contributed by atoms with Crippen molar-refractivity contribution in [3.05, 3.63) is 46.0 Å². The number of para-hydroxylation sites is 1. The molecular formula is C11H11NO5. The average Bonchev–Trinajstić information content (AvgIpc) is 2.81. The van der Waals surface area contributed by atoms with Gasteiger partial charge in [0.2, 0.25) is 0 Å². The lowest BCUT2D eigenvalue weighted by molar-refractivity contribution is -0.385. The number of aliphatic hydroxyl groups is 1. The zero-order chi connectivity index (χ0) is 12.3. The SMILES string of the molecule is O=[N+]([O-])c1ccccc1/C(O)=C/C1OCCO1. The highest BCUT2D eigenvalue weighted by Gasteiger charge is 2.19. The fraction of sp³-hybridized carbons (Fsp3) is 0.273. The molecule has 0 aromatic heterocycles. The first-order valence-electron chi connectivity index (χ1n) is 5.06. The zero-order valence-corrected chi connectivity index (χ0v) is 8.91. The first-order valence-corrected chi connectivity index (χ1v) is 5.06. The van der Waals surface area contributed by atoms with Gasteiger partial charge in [0.15, 0.2) is 6.29 Å². The van der Waals surface area contributed by atoms with Crippen LogP contribution in [0, 0.1) is 10.1 Å². The van der Waals surface area contributed by atoms with E-state index in [2.05, 4.69) is 0 Å². The molecular weight excluding hydrogens is 226 g/mol. The maximum atomic E-state index is 10.8. The largest absolute Gasteiger partial charge is 0.507 e. The minimum absolute atomic E-state index is 0.150. The van der Waals surface area contributed by atoms with Gasteiger partial charge in [-0.15, -0.1) is 0 Å². The minimum Gasteiger partial charge on any atom is -0.507 e. The van der Waals surface area contributed by atoms with Crippen molar-refractivity contribution >= 4 is 11.4 Å². The van der Waals surface area contributed by atoms with Crippen LogP contribution >= 0.6 is 0 Å². The Hall–Kier alpha value is -1.92. The summed E-state index contributed by atoms with van der Waals surface area (Å²) in [5, 5.41) is 20.6. The lowest BCUT2D eigenvalue weighted by atomic mass is 10.1. The molecule has 17 heavy (non-hydrogen) atoms. The van der Waals surface area contributed by atoms with Gasteiger partial charge < -0.3 is 14.6 Å². The van der Waals surface area contributed by atoms with Gasteiger partial charge in [0, 0.05) is 12.1 Å². The summed E-state index contributed by atoms with van der Waals surface area (Å²) < 4.78 is 10.2. The molecule has 0 aliphatic carbocycles. The van der Waals surface area contributed by atoms with Crippen LogP contribution in [0.25, 0.3) is 5.76 Å². The Bertz CT molecular complexity index is 451. The van der Waals surface area contributed by atoms with Gasteiger partial charge in [-0.25, -0.2) is 0 Å². The molecule has 1 saturated heterocycles. The molecule has 2 rings (SSSR count). The molecule has 0 saturated carbocycles. The Morgan fingerprint density at radius 3 is 2.71 bits per heavy atom. The summed E-state index contributed by atoms with van der Waals surface area (Å²) in [5.74, 6) is -0.218. The second-order valence-electron chi connectivity index (χ2n) is 3.44. The monoisotopic (exact) mass is 237 g/mol. The molecule has 1 aliphatic rings. The van der Waals surface area contributed by atoms with Gasteiger partial charge in [-0.1, -0.05) is 12.1 Å². The topological polar surface area (TPSA) is 81.8 Å². The predicted molar refractivity (Wildman–Crippen MR) is 59.4 cm³/mol. The smallest absolute Gasteiger partial charge is 0.280 e. The molecule has 0 atom stereocenters. The van der Waals surface area contributed by atoms with E-state index in [9.17, 15) is 15.2 Å². The fourth-order valence-electron chi connectivity index (χ4n) is 1.54. The van der Waals surface area contributed by atoms with E-state index in [1.807, 2.05) is 0 Å². The Morgan fingerprint density at radius 2 is 2.06 bits per heavy atom. The van der Waals surface area contributed by atoms with Crippen LogP contribution in [0.1, 0.15) is 5.56 Å². The number of rotatable bonds is 3. The van der Waals surface area contributed by atoms with E-state index in [0.717, 1.165) is 0 Å². The Labute approximate surface area is 97.2 Å². The summed E-state index contributed by atoms with van der Waals surface area (Å²) in [6, 6.07) is 5.95. The lowest BCUT2D eigenvalue weighted by Gasteiger charge is -2.05. The summed E-state index contributed by atoms with van der Waals surface area (Å²) in [6.07, 6.45) is 0.671. The van der Waals surface area contributed by atoms with Crippen LogP contribution in [-0.4, -0.2) is 29.5 Å². The van der Waals surface area contributed by atoms with E-state index in [-0.39, 0.29) is 17.0 Å². The van der Waals surface area contributed by atoms with Gasteiger partial charge in [0.05, 0.1) is 23.7 Å². The van der Waals surface area contributed by atoms with E-state index in [1.165, 1.54) is 24.3 Å². The van der Waals surface area contributed by atoms with Crippen LogP contribution in [0.5, 0.6) is 0 Å². The second kappa shape index (κ2) is 4.94. The molecule has 0 amide bonds. The molecule has 1 N–H and O–H groups in total. The van der Waals surface area contributed by atoms with E-state index in [4.69, 9.17) is 9.47 Å². The van der Waals surface area contributed by atoms with E-state index in [0.29, 0.717) is 13.2 Å². The number of hydrogen-bond acceptors (Lipinski definition) is 5. The Kier molecular flexibility index (Phi) is 3.36. The third-order valence-corrected chi connectivity index (χ3v) is 2.32. The standard InChI is InChI=1S/C11H11NO5/c13-10(7-11-16-5-6-17-11)8-3-1-2-4-9(8)12(14)15/h1-4,7,11,13H,5-6H2/b10-7-. The van der Waals surface area contributed by atoms with Crippen molar-refractivity contribution in [1.29, 1.82) is 0 Å². The molecule has 1 fully saturated rings. The van der Waals surface area contributed by atoms with E-state index >= 15 is 0 Å². The number of hydrogen-bond donors (Lipinski definition) is 1. The summed E-state index contributed by atoms with van der Waals surface area (Å²) in [6.45, 7) is 0.899. The third-order valence-electron chi connectivity index (χ3n) is 2.32. The normalized spacial score (nSPS) is 17.3. The van der Waals surface area contributed by atoms with Gasteiger partial charge in [-0.05, 0) is 6.07 Å². The van der Waals surface area contributed by atoms with Gasteiger partial charge >= 0.3 is 0 Å². The van der Waals surface area contributed by atoms with E-state index < -0.39 is 11.2 Å². The molecule has 1 aromatic rings. The van der Waals surface area contributed by atoms with Crippen LogP contribution in [0.3, 0.4) is 0 Å². The lowest BCUT2D eigenvalue weighted by Crippen LogP contribution is -2.04. The molecule has 1 heterocycles. The van der Waals surface area contributed by atoms with Crippen molar-refractivity contribution in [2.75, 3.05) is 13.2 Å². The summed E-state index contributed by atoms with van der Waals surface area (Å²) in [4.78, 5) is 10.2. The predicted octanol–water partition coefficient (Wildman–Crippen LogP) is 1.87. The zero-order valence-electron chi connectivity index (χ0n) is 8.91. The van der Waals surface area contributed by atoms with Crippen molar-refractivity contribution in [3.8, 4) is 0 Å². The minimum atomic E-state index is -0.644. The molecule has 1 aromatic carbocycles. The van der Waals surface area contributed by atoms with Crippen LogP contribution in [-0.2, 0) is 9.47 Å². The van der Waals surface area contributed by atoms with Crippen molar-refractivity contribution in [2.45, 2.75) is 6.29 Å². The first kappa shape index (κ1) is 11.6. The molecule has 0 spiro atoms. The van der Waals surface area contributed by atoms with Crippen LogP contribution in [0.2, 0.25) is 0 Å². The number of ether oxygens (including phenoxy) is 2. The molecule has 0 radical (unpaired) electrons. The number of nitro benzene ring substituents is 1. The average molecular weight is 237 g/mol. The van der Waals surface area contributed by atoms with Gasteiger partial charge in [0.25, 0.3) is 5.69 Å². The summed E-state index contributed by atoms with van der Waals surface area (Å²) >= 11 is 0. The fourth-order valence-corrected chi connectivity index (χ4v) is 1.54. The number of nitrogens with zero attached hydrogens (tertiary/aromatic N) is 1. The maximum absolute atomic E-state index is 10.8. The summed E-state index contributed by atoms with van der Waals surface area (Å²) in [5.41, 5.74) is -0.00385. The van der Waals surface area contributed by atoms with Gasteiger partial charge in [0.1, 0.15) is 5.76 Å². The number of benzene rings is 1. The molecule has 1 aliphatic heterocycles. The Morgan fingerprint density at radius 1 is 1.41 bits per heavy atom. The molecule has 0 bridgehead atoms. The molecule has 6 nitrogen and oxygen atoms in total. The summed E-state index contributed by atoms with van der Waals surface area (Å²) in [7, 11) is 0. The van der Waals surface area contributed by atoms with Gasteiger partial charge in [-0.3, -0.25) is 10.1 Å². The maximum Gasteiger partial charge on any atom is 0.280 e. The highest BCUT2D eigenvalue weighted by molar-refractivity contribution is 5.67. The highest BCUT2D eigenvalue weighted by Crippen LogP contribution is 2.25. The van der Waals surface area contributed by atoms with Gasteiger partial charge in [-0.2, -0.15) is 0 Å². The quantitative estimate of drug-likeness (QED) is 0.493. The van der Waals surface area contributed by atoms with Crippen LogP contribution in [0.4, 0.5) is 5.69 Å². The van der Waals surface area contributed by atoms with Crippen molar-refractivity contribution in [1.82, 2.24) is 0 Å². The van der Waals surface area contributed by atoms with Crippen molar-refractivity contribution in [3.63, 3.8) is 0 Å². The molecule has 0 unspecified atom stereocenters. The number of aliphatic hydroxyl groups excluding tert-OH is 1. The highest BCUT2D eigenvalue weighted by atomic mass is 16.7. The third kappa shape index (κ3) is 2.61. The molecule has 90 valence electrons. The van der Waals surface area contributed by atoms with E-state index in [1.54, 1.807) is 6.07 Å². The number of nitro groups is 1. The molecule has 6 heteroatoms.